The SMILES string of the molecule is CNc1cnc(-c2cncc(C)c2)nc1C(F)(F)F. The zero-order valence-electron chi connectivity index (χ0n) is 10.3. The van der Waals surface area contributed by atoms with Crippen LogP contribution >= 0.6 is 0 Å². The van der Waals surface area contributed by atoms with Crippen LogP contribution in [0.1, 0.15) is 11.3 Å². The third-order valence-corrected chi connectivity index (χ3v) is 2.46. The molecule has 0 spiro atoms. The van der Waals surface area contributed by atoms with E-state index in [9.17, 15) is 13.2 Å². The lowest BCUT2D eigenvalue weighted by Crippen LogP contribution is -2.13. The monoisotopic (exact) mass is 268 g/mol. The molecule has 100 valence electrons. The fraction of sp³-hybridized carbons (Fsp3) is 0.250. The molecular weight excluding hydrogens is 257 g/mol. The van der Waals surface area contributed by atoms with Crippen LogP contribution in [0.25, 0.3) is 11.4 Å². The van der Waals surface area contributed by atoms with Crippen LogP contribution in [0.3, 0.4) is 0 Å². The van der Waals surface area contributed by atoms with Gasteiger partial charge in [-0.2, -0.15) is 13.2 Å². The van der Waals surface area contributed by atoms with Gasteiger partial charge in [0.1, 0.15) is 0 Å². The highest BCUT2D eigenvalue weighted by Crippen LogP contribution is 2.33. The number of aryl methyl sites for hydroxylation is 1. The number of nitrogens with one attached hydrogen (secondary N) is 1. The molecule has 0 aromatic carbocycles. The van der Waals surface area contributed by atoms with Gasteiger partial charge in [0, 0.05) is 25.0 Å². The van der Waals surface area contributed by atoms with E-state index in [1.54, 1.807) is 19.2 Å². The molecule has 0 saturated heterocycles. The maximum absolute atomic E-state index is 12.9. The lowest BCUT2D eigenvalue weighted by Gasteiger charge is -2.12. The largest absolute Gasteiger partial charge is 0.435 e. The summed E-state index contributed by atoms with van der Waals surface area (Å²) in [6.45, 7) is 1.79. The Kier molecular flexibility index (Phi) is 3.37. The topological polar surface area (TPSA) is 50.7 Å². The minimum atomic E-state index is -4.53. The zero-order chi connectivity index (χ0) is 14.0. The summed E-state index contributed by atoms with van der Waals surface area (Å²) >= 11 is 0. The molecule has 0 unspecified atom stereocenters. The van der Waals surface area contributed by atoms with Crippen molar-refractivity contribution in [2.75, 3.05) is 12.4 Å². The van der Waals surface area contributed by atoms with Gasteiger partial charge in [0.05, 0.1) is 11.9 Å². The predicted octanol–water partition coefficient (Wildman–Crippen LogP) is 2.91. The number of pyridine rings is 1. The Hall–Kier alpha value is -2.18. The lowest BCUT2D eigenvalue weighted by atomic mass is 10.2. The lowest BCUT2D eigenvalue weighted by molar-refractivity contribution is -0.140. The minimum absolute atomic E-state index is 0.00234. The first-order chi connectivity index (χ1) is 8.91. The van der Waals surface area contributed by atoms with Crippen molar-refractivity contribution in [3.8, 4) is 11.4 Å². The number of hydrogen-bond donors (Lipinski definition) is 1. The van der Waals surface area contributed by atoms with E-state index in [0.717, 1.165) is 11.8 Å². The van der Waals surface area contributed by atoms with Gasteiger partial charge in [0.15, 0.2) is 11.5 Å². The van der Waals surface area contributed by atoms with Crippen molar-refractivity contribution in [1.29, 1.82) is 0 Å². The molecule has 1 N–H and O–H groups in total. The number of halogens is 3. The average Bonchev–Trinajstić information content (AvgIpc) is 2.37. The van der Waals surface area contributed by atoms with Crippen LogP contribution in [0.15, 0.2) is 24.7 Å². The van der Waals surface area contributed by atoms with Crippen molar-refractivity contribution in [2.45, 2.75) is 13.1 Å². The Morgan fingerprint density at radius 3 is 2.47 bits per heavy atom. The number of aromatic nitrogens is 3. The van der Waals surface area contributed by atoms with Gasteiger partial charge in [-0.05, 0) is 18.6 Å². The number of anilines is 1. The Labute approximate surface area is 107 Å². The maximum atomic E-state index is 12.9. The van der Waals surface area contributed by atoms with Gasteiger partial charge < -0.3 is 5.32 Å². The van der Waals surface area contributed by atoms with Crippen molar-refractivity contribution < 1.29 is 13.2 Å². The fourth-order valence-electron chi connectivity index (χ4n) is 1.60. The quantitative estimate of drug-likeness (QED) is 0.909. The van der Waals surface area contributed by atoms with E-state index in [2.05, 4.69) is 20.3 Å². The van der Waals surface area contributed by atoms with Crippen molar-refractivity contribution in [3.63, 3.8) is 0 Å². The molecule has 2 aromatic heterocycles. The molecule has 19 heavy (non-hydrogen) atoms. The van der Waals surface area contributed by atoms with Gasteiger partial charge in [-0.3, -0.25) is 4.98 Å². The molecule has 2 aromatic rings. The Morgan fingerprint density at radius 1 is 1.16 bits per heavy atom. The molecule has 0 radical (unpaired) electrons. The van der Waals surface area contributed by atoms with Gasteiger partial charge in [-0.25, -0.2) is 9.97 Å². The van der Waals surface area contributed by atoms with E-state index < -0.39 is 11.9 Å². The van der Waals surface area contributed by atoms with Crippen molar-refractivity contribution in [1.82, 2.24) is 15.0 Å². The fourth-order valence-corrected chi connectivity index (χ4v) is 1.60. The molecule has 0 saturated carbocycles. The molecular formula is C12H11F3N4. The molecule has 2 rings (SSSR count). The van der Waals surface area contributed by atoms with E-state index in [0.29, 0.717) is 5.56 Å². The molecule has 0 aliphatic rings. The van der Waals surface area contributed by atoms with Crippen LogP contribution in [0, 0.1) is 6.92 Å². The van der Waals surface area contributed by atoms with Gasteiger partial charge in [0.25, 0.3) is 0 Å². The molecule has 4 nitrogen and oxygen atoms in total. The highest BCUT2D eigenvalue weighted by Gasteiger charge is 2.36. The first-order valence-corrected chi connectivity index (χ1v) is 5.46. The summed E-state index contributed by atoms with van der Waals surface area (Å²) in [5.41, 5.74) is 0.138. The summed E-state index contributed by atoms with van der Waals surface area (Å²) in [7, 11) is 1.39. The van der Waals surface area contributed by atoms with Crippen LogP contribution in [-0.2, 0) is 6.18 Å². The van der Waals surface area contributed by atoms with Crippen molar-refractivity contribution in [2.24, 2.45) is 0 Å². The molecule has 0 bridgehead atoms. The molecule has 0 amide bonds. The second-order valence-electron chi connectivity index (χ2n) is 3.95. The highest BCUT2D eigenvalue weighted by molar-refractivity contribution is 5.58. The second kappa shape index (κ2) is 4.83. The van der Waals surface area contributed by atoms with Crippen LogP contribution in [0.4, 0.5) is 18.9 Å². The summed E-state index contributed by atoms with van der Waals surface area (Å²) < 4.78 is 38.6. The molecule has 7 heteroatoms. The van der Waals surface area contributed by atoms with Crippen LogP contribution in [0.5, 0.6) is 0 Å². The summed E-state index contributed by atoms with van der Waals surface area (Å²) in [6, 6.07) is 1.68. The first kappa shape index (κ1) is 13.3. The third kappa shape index (κ3) is 2.81. The second-order valence-corrected chi connectivity index (χ2v) is 3.95. The zero-order valence-corrected chi connectivity index (χ0v) is 10.3. The summed E-state index contributed by atoms with van der Waals surface area (Å²) in [5, 5.41) is 2.43. The van der Waals surface area contributed by atoms with E-state index in [4.69, 9.17) is 0 Å². The highest BCUT2D eigenvalue weighted by atomic mass is 19.4. The van der Waals surface area contributed by atoms with Gasteiger partial charge in [-0.1, -0.05) is 0 Å². The van der Waals surface area contributed by atoms with E-state index in [-0.39, 0.29) is 11.5 Å². The van der Waals surface area contributed by atoms with Gasteiger partial charge in [-0.15, -0.1) is 0 Å². The summed E-state index contributed by atoms with van der Waals surface area (Å²) in [6.07, 6.45) is -0.377. The Morgan fingerprint density at radius 2 is 1.89 bits per heavy atom. The van der Waals surface area contributed by atoms with E-state index in [1.165, 1.54) is 13.2 Å². The maximum Gasteiger partial charge on any atom is 0.435 e. The van der Waals surface area contributed by atoms with Crippen LogP contribution < -0.4 is 5.32 Å². The molecule has 2 heterocycles. The van der Waals surface area contributed by atoms with Crippen LogP contribution in [0.2, 0.25) is 0 Å². The first-order valence-electron chi connectivity index (χ1n) is 5.46. The Balaban J connectivity index is 2.55. The van der Waals surface area contributed by atoms with Crippen molar-refractivity contribution >= 4 is 5.69 Å². The molecule has 0 atom stereocenters. The van der Waals surface area contributed by atoms with Gasteiger partial charge >= 0.3 is 6.18 Å². The summed E-state index contributed by atoms with van der Waals surface area (Å²) in [5.74, 6) is 0.00234. The van der Waals surface area contributed by atoms with E-state index in [1.807, 2.05) is 0 Å². The van der Waals surface area contributed by atoms with Gasteiger partial charge in [0.2, 0.25) is 0 Å². The molecule has 0 aliphatic carbocycles. The predicted molar refractivity (Wildman–Crippen MR) is 64.5 cm³/mol. The van der Waals surface area contributed by atoms with Crippen LogP contribution in [-0.4, -0.2) is 22.0 Å². The molecule has 0 aliphatic heterocycles. The average molecular weight is 268 g/mol. The number of nitrogens with zero attached hydrogens (tertiary/aromatic N) is 3. The minimum Gasteiger partial charge on any atom is -0.385 e. The Bertz CT molecular complexity index is 596. The standard InChI is InChI=1S/C12H11F3N4/c1-7-3-8(5-17-4-7)11-18-6-9(16-2)10(19-11)12(13,14)15/h3-6,16H,1-2H3. The van der Waals surface area contributed by atoms with Crippen molar-refractivity contribution in [3.05, 3.63) is 35.9 Å². The summed E-state index contributed by atoms with van der Waals surface area (Å²) in [4.78, 5) is 11.4. The number of rotatable bonds is 2. The normalized spacial score (nSPS) is 11.4. The smallest absolute Gasteiger partial charge is 0.385 e. The third-order valence-electron chi connectivity index (χ3n) is 2.46. The number of hydrogen-bond acceptors (Lipinski definition) is 4. The number of alkyl halides is 3. The van der Waals surface area contributed by atoms with E-state index >= 15 is 0 Å². The molecule has 0 fully saturated rings.